The first-order chi connectivity index (χ1) is 15.0. The number of carbonyl (C=O) groups excluding carboxylic acids is 1. The van der Waals surface area contributed by atoms with Gasteiger partial charge in [-0.15, -0.1) is 16.8 Å². The second kappa shape index (κ2) is 9.41. The Bertz CT molecular complexity index is 1220. The van der Waals surface area contributed by atoms with Crippen LogP contribution in [0, 0.1) is 0 Å². The van der Waals surface area contributed by atoms with Crippen molar-refractivity contribution in [2.75, 3.05) is 5.75 Å². The number of allylic oxidation sites excluding steroid dienone is 1. The normalized spacial score (nSPS) is 12.1. The number of halogens is 1. The van der Waals surface area contributed by atoms with Gasteiger partial charge >= 0.3 is 0 Å². The van der Waals surface area contributed by atoms with Gasteiger partial charge in [0.25, 0.3) is 0 Å². The van der Waals surface area contributed by atoms with Gasteiger partial charge in [-0.2, -0.15) is 0 Å². The third kappa shape index (κ3) is 4.84. The third-order valence-electron chi connectivity index (χ3n) is 4.74. The summed E-state index contributed by atoms with van der Waals surface area (Å²) in [7, 11) is 0. The first-order valence-corrected chi connectivity index (χ1v) is 11.1. The lowest BCUT2D eigenvalue weighted by Crippen LogP contribution is -2.28. The second-order valence-corrected chi connectivity index (χ2v) is 8.37. The molecule has 0 unspecified atom stereocenters. The Hall–Kier alpha value is -3.03. The maximum atomic E-state index is 12.5. The Kier molecular flexibility index (Phi) is 6.44. The van der Waals surface area contributed by atoms with E-state index in [0.29, 0.717) is 28.3 Å². The number of fused-ring (bicyclic) bond motifs is 1. The largest absolute Gasteiger partial charge is 0.453 e. The number of carbonyl (C=O) groups is 1. The minimum atomic E-state index is -0.0746. The summed E-state index contributed by atoms with van der Waals surface area (Å²) in [4.78, 5) is 12.5. The maximum Gasteiger partial charge on any atom is 0.230 e. The molecule has 31 heavy (non-hydrogen) atoms. The van der Waals surface area contributed by atoms with Crippen molar-refractivity contribution < 1.29 is 9.21 Å². The molecule has 2 aromatic heterocycles. The second-order valence-electron chi connectivity index (χ2n) is 6.99. The zero-order valence-corrected chi connectivity index (χ0v) is 18.5. The van der Waals surface area contributed by atoms with Gasteiger partial charge in [0.2, 0.25) is 11.7 Å². The lowest BCUT2D eigenvalue weighted by Gasteiger charge is -2.14. The first kappa shape index (κ1) is 21.2. The molecule has 2 heterocycles. The number of amides is 1. The van der Waals surface area contributed by atoms with Crippen molar-refractivity contribution in [1.29, 1.82) is 0 Å². The number of benzene rings is 2. The molecule has 2 aromatic carbocycles. The lowest BCUT2D eigenvalue weighted by molar-refractivity contribution is -0.119. The molecule has 1 N–H and O–H groups in total. The van der Waals surface area contributed by atoms with Crippen LogP contribution in [0.25, 0.3) is 22.6 Å². The zero-order chi connectivity index (χ0) is 21.8. The number of aromatic nitrogens is 3. The van der Waals surface area contributed by atoms with E-state index in [0.717, 1.165) is 16.5 Å². The molecule has 4 rings (SSSR count). The van der Waals surface area contributed by atoms with Gasteiger partial charge in [-0.25, -0.2) is 0 Å². The number of furan rings is 1. The van der Waals surface area contributed by atoms with Gasteiger partial charge < -0.3 is 9.73 Å². The Labute approximate surface area is 189 Å². The molecule has 0 spiro atoms. The van der Waals surface area contributed by atoms with Crippen molar-refractivity contribution in [3.63, 3.8) is 0 Å². The highest BCUT2D eigenvalue weighted by atomic mass is 35.5. The monoisotopic (exact) mass is 452 g/mol. The highest BCUT2D eigenvalue weighted by molar-refractivity contribution is 7.99. The van der Waals surface area contributed by atoms with Crippen molar-refractivity contribution in [2.45, 2.75) is 24.7 Å². The summed E-state index contributed by atoms with van der Waals surface area (Å²) in [5.41, 5.74) is 1.78. The van der Waals surface area contributed by atoms with E-state index in [1.54, 1.807) is 12.1 Å². The van der Waals surface area contributed by atoms with Crippen LogP contribution in [0.1, 0.15) is 18.5 Å². The van der Waals surface area contributed by atoms with Gasteiger partial charge in [-0.1, -0.05) is 59.8 Å². The average molecular weight is 453 g/mol. The summed E-state index contributed by atoms with van der Waals surface area (Å²) in [6.45, 7) is 6.27. The molecule has 0 saturated carbocycles. The Morgan fingerprint density at radius 3 is 2.84 bits per heavy atom. The molecule has 0 aliphatic heterocycles. The zero-order valence-electron chi connectivity index (χ0n) is 16.9. The van der Waals surface area contributed by atoms with Crippen LogP contribution >= 0.6 is 23.4 Å². The molecule has 1 atom stereocenters. The molecule has 1 amide bonds. The fourth-order valence-electron chi connectivity index (χ4n) is 3.23. The predicted molar refractivity (Wildman–Crippen MR) is 124 cm³/mol. The van der Waals surface area contributed by atoms with E-state index in [2.05, 4.69) is 22.1 Å². The highest BCUT2D eigenvalue weighted by Gasteiger charge is 2.19. The molecule has 0 bridgehead atoms. The summed E-state index contributed by atoms with van der Waals surface area (Å²) >= 11 is 7.40. The molecule has 0 aliphatic carbocycles. The van der Waals surface area contributed by atoms with Crippen LogP contribution < -0.4 is 5.32 Å². The van der Waals surface area contributed by atoms with E-state index in [1.807, 2.05) is 60.0 Å². The Morgan fingerprint density at radius 1 is 1.26 bits per heavy atom. The van der Waals surface area contributed by atoms with E-state index in [9.17, 15) is 4.79 Å². The number of nitrogens with zero attached hydrogens (tertiary/aromatic N) is 3. The summed E-state index contributed by atoms with van der Waals surface area (Å²) in [5, 5.41) is 13.7. The molecule has 0 aliphatic rings. The van der Waals surface area contributed by atoms with Gasteiger partial charge in [-0.3, -0.25) is 9.36 Å². The van der Waals surface area contributed by atoms with Gasteiger partial charge in [-0.05, 0) is 36.8 Å². The summed E-state index contributed by atoms with van der Waals surface area (Å²) in [5.74, 6) is 1.31. The van der Waals surface area contributed by atoms with Crippen LogP contribution in [0.3, 0.4) is 0 Å². The molecule has 0 radical (unpaired) electrons. The summed E-state index contributed by atoms with van der Waals surface area (Å²) in [6.07, 6.45) is 1.76. The van der Waals surface area contributed by atoms with E-state index >= 15 is 0 Å². The fraction of sp³-hybridized carbons (Fsp3) is 0.174. The maximum absolute atomic E-state index is 12.5. The van der Waals surface area contributed by atoms with Gasteiger partial charge in [0.05, 0.1) is 11.8 Å². The quantitative estimate of drug-likeness (QED) is 0.282. The standard InChI is InChI=1S/C23H21ClN4O2S/c1-3-11-28-22(20-13-17-12-18(24)9-10-19(17)30-20)26-27-23(28)31-14-21(29)25-15(2)16-7-5-4-6-8-16/h3-10,12-13,15H,1,11,14H2,2H3,(H,25,29)/t15-/m1/s1. The van der Waals surface area contributed by atoms with Crippen LogP contribution in [0.4, 0.5) is 0 Å². The van der Waals surface area contributed by atoms with E-state index in [-0.39, 0.29) is 17.7 Å². The number of nitrogens with one attached hydrogen (secondary N) is 1. The molecule has 4 aromatic rings. The molecule has 8 heteroatoms. The van der Waals surface area contributed by atoms with Crippen molar-refractivity contribution in [3.05, 3.63) is 77.8 Å². The SMILES string of the molecule is C=CCn1c(SCC(=O)N[C@H](C)c2ccccc2)nnc1-c1cc2cc(Cl)ccc2o1. The van der Waals surface area contributed by atoms with Crippen molar-refractivity contribution in [2.24, 2.45) is 0 Å². The number of hydrogen-bond donors (Lipinski definition) is 1. The minimum Gasteiger partial charge on any atom is -0.453 e. The van der Waals surface area contributed by atoms with Crippen LogP contribution in [-0.2, 0) is 11.3 Å². The number of hydrogen-bond acceptors (Lipinski definition) is 5. The molecular weight excluding hydrogens is 432 g/mol. The summed E-state index contributed by atoms with van der Waals surface area (Å²) in [6, 6.07) is 17.1. The third-order valence-corrected chi connectivity index (χ3v) is 5.94. The van der Waals surface area contributed by atoms with Crippen molar-refractivity contribution in [3.8, 4) is 11.6 Å². The Balaban J connectivity index is 1.49. The molecule has 0 fully saturated rings. The number of thioether (sulfide) groups is 1. The fourth-order valence-corrected chi connectivity index (χ4v) is 4.17. The minimum absolute atomic E-state index is 0.0710. The highest BCUT2D eigenvalue weighted by Crippen LogP contribution is 2.30. The predicted octanol–water partition coefficient (Wildman–Crippen LogP) is 5.50. The van der Waals surface area contributed by atoms with Crippen LogP contribution in [0.5, 0.6) is 0 Å². The Morgan fingerprint density at radius 2 is 2.06 bits per heavy atom. The lowest BCUT2D eigenvalue weighted by atomic mass is 10.1. The van der Waals surface area contributed by atoms with Crippen LogP contribution in [-0.4, -0.2) is 26.4 Å². The smallest absolute Gasteiger partial charge is 0.230 e. The van der Waals surface area contributed by atoms with Crippen molar-refractivity contribution in [1.82, 2.24) is 20.1 Å². The van der Waals surface area contributed by atoms with Crippen LogP contribution in [0.15, 0.2) is 76.8 Å². The van der Waals surface area contributed by atoms with Gasteiger partial charge in [0.15, 0.2) is 10.9 Å². The number of rotatable bonds is 8. The van der Waals surface area contributed by atoms with E-state index < -0.39 is 0 Å². The van der Waals surface area contributed by atoms with E-state index in [4.69, 9.17) is 16.0 Å². The van der Waals surface area contributed by atoms with Gasteiger partial charge in [0.1, 0.15) is 5.58 Å². The molecule has 158 valence electrons. The molecule has 6 nitrogen and oxygen atoms in total. The average Bonchev–Trinajstić information content (AvgIpc) is 3.36. The molecule has 0 saturated heterocycles. The van der Waals surface area contributed by atoms with Crippen LogP contribution in [0.2, 0.25) is 5.02 Å². The van der Waals surface area contributed by atoms with Gasteiger partial charge in [0, 0.05) is 17.0 Å². The van der Waals surface area contributed by atoms with Crippen molar-refractivity contribution >= 4 is 40.2 Å². The first-order valence-electron chi connectivity index (χ1n) is 9.76. The summed E-state index contributed by atoms with van der Waals surface area (Å²) < 4.78 is 7.81. The molecular formula is C23H21ClN4O2S. The van der Waals surface area contributed by atoms with E-state index in [1.165, 1.54) is 11.8 Å². The topological polar surface area (TPSA) is 73.0 Å².